The standard InChI is InChI=1S/C19H27I3N4O2/c1-5-6-7-16(27)25(11-19(20,21)22)14-9-15-13(8-12(14)2)24-17(23)26(15)10-18(3,4)28/h8-9,28H,5-7,10-11H2,1-4H3,(H2,23,24). The fourth-order valence-electron chi connectivity index (χ4n) is 3.08. The fourth-order valence-corrected chi connectivity index (χ4v) is 4.10. The van der Waals surface area contributed by atoms with E-state index in [-0.39, 0.29) is 5.34 Å². The molecule has 0 fully saturated rings. The molecule has 1 aromatic carbocycles. The molecule has 1 aromatic heterocycles. The van der Waals surface area contributed by atoms with Crippen molar-refractivity contribution < 1.29 is 9.90 Å². The number of rotatable bonds is 8. The Bertz CT molecular complexity index is 853. The van der Waals surface area contributed by atoms with E-state index < -0.39 is 5.60 Å². The Kier molecular flexibility index (Phi) is 8.27. The van der Waals surface area contributed by atoms with Crippen molar-refractivity contribution in [2.75, 3.05) is 17.2 Å². The first-order valence-corrected chi connectivity index (χ1v) is 12.4. The smallest absolute Gasteiger partial charge is 0.227 e. The van der Waals surface area contributed by atoms with Gasteiger partial charge in [0, 0.05) is 12.1 Å². The van der Waals surface area contributed by atoms with E-state index in [1.807, 2.05) is 28.5 Å². The van der Waals surface area contributed by atoms with E-state index in [9.17, 15) is 9.90 Å². The summed E-state index contributed by atoms with van der Waals surface area (Å²) in [5, 5.41) is 10.3. The molecule has 28 heavy (non-hydrogen) atoms. The van der Waals surface area contributed by atoms with Crippen LogP contribution in [0, 0.1) is 6.92 Å². The number of fused-ring (bicyclic) bond motifs is 1. The molecule has 0 aliphatic carbocycles. The van der Waals surface area contributed by atoms with Crippen LogP contribution in [0.3, 0.4) is 0 Å². The van der Waals surface area contributed by atoms with Gasteiger partial charge in [-0.25, -0.2) is 4.98 Å². The van der Waals surface area contributed by atoms with Crippen LogP contribution in [0.4, 0.5) is 11.6 Å². The van der Waals surface area contributed by atoms with E-state index in [1.54, 1.807) is 13.8 Å². The molecule has 9 heteroatoms. The van der Waals surface area contributed by atoms with Crippen LogP contribution in [0.15, 0.2) is 12.1 Å². The highest BCUT2D eigenvalue weighted by Crippen LogP contribution is 2.39. The number of nitrogens with two attached hydrogens (primary N) is 1. The molecule has 0 radical (unpaired) electrons. The van der Waals surface area contributed by atoms with Crippen LogP contribution in [0.2, 0.25) is 0 Å². The van der Waals surface area contributed by atoms with Crippen LogP contribution in [0.25, 0.3) is 11.0 Å². The predicted molar refractivity (Wildman–Crippen MR) is 142 cm³/mol. The van der Waals surface area contributed by atoms with Gasteiger partial charge in [0.1, 0.15) is -0.565 Å². The summed E-state index contributed by atoms with van der Waals surface area (Å²) in [7, 11) is 0. The van der Waals surface area contributed by atoms with Gasteiger partial charge in [-0.05, 0) is 44.9 Å². The molecule has 0 saturated heterocycles. The molecule has 3 N–H and O–H groups in total. The van der Waals surface area contributed by atoms with Gasteiger partial charge < -0.3 is 20.3 Å². The Morgan fingerprint density at radius 2 is 1.96 bits per heavy atom. The van der Waals surface area contributed by atoms with Gasteiger partial charge in [0.2, 0.25) is 11.9 Å². The number of nitrogen functional groups attached to an aromatic ring is 1. The molecule has 2 rings (SSSR count). The summed E-state index contributed by atoms with van der Waals surface area (Å²) in [6.45, 7) is 8.49. The van der Waals surface area contributed by atoms with E-state index >= 15 is 0 Å². The van der Waals surface area contributed by atoms with Gasteiger partial charge in [0.25, 0.3) is 0 Å². The Morgan fingerprint density at radius 3 is 2.50 bits per heavy atom. The molecule has 156 valence electrons. The first-order chi connectivity index (χ1) is 12.8. The number of benzene rings is 1. The lowest BCUT2D eigenvalue weighted by Gasteiger charge is -2.29. The number of imidazole rings is 1. The molecule has 0 bridgehead atoms. The molecule has 0 unspecified atom stereocenters. The van der Waals surface area contributed by atoms with Crippen LogP contribution < -0.4 is 10.6 Å². The number of aliphatic hydroxyl groups is 1. The minimum atomic E-state index is -0.925. The number of anilines is 2. The maximum Gasteiger partial charge on any atom is 0.227 e. The molecule has 0 aliphatic heterocycles. The second-order valence-corrected chi connectivity index (χ2v) is 19.4. The SMILES string of the molecule is CCCCC(=O)N(CC(I)(I)I)c1cc2c(cc1C)nc(N)n2CC(C)(C)O. The summed E-state index contributed by atoms with van der Waals surface area (Å²) in [5.41, 5.74) is 8.66. The number of halogens is 3. The Balaban J connectivity index is 2.58. The van der Waals surface area contributed by atoms with Gasteiger partial charge in [-0.15, -0.1) is 0 Å². The van der Waals surface area contributed by atoms with Crippen molar-refractivity contribution in [2.45, 2.75) is 58.5 Å². The molecule has 6 nitrogen and oxygen atoms in total. The van der Waals surface area contributed by atoms with Crippen molar-refractivity contribution in [2.24, 2.45) is 0 Å². The van der Waals surface area contributed by atoms with Crippen LogP contribution in [0.5, 0.6) is 0 Å². The fraction of sp³-hybridized carbons (Fsp3) is 0.579. The van der Waals surface area contributed by atoms with E-state index in [1.165, 1.54) is 0 Å². The van der Waals surface area contributed by atoms with Crippen molar-refractivity contribution in [1.82, 2.24) is 9.55 Å². The number of carbonyl (C=O) groups excluding carboxylic acids is 1. The molecule has 0 aliphatic rings. The zero-order chi connectivity index (χ0) is 21.3. The van der Waals surface area contributed by atoms with Crippen LogP contribution in [-0.4, -0.2) is 32.1 Å². The summed E-state index contributed by atoms with van der Waals surface area (Å²) in [6.07, 6.45) is 2.38. The maximum atomic E-state index is 13.0. The largest absolute Gasteiger partial charge is 0.389 e. The van der Waals surface area contributed by atoms with Crippen molar-refractivity contribution in [1.29, 1.82) is 0 Å². The number of unbranched alkanes of at least 4 members (excludes halogenated alkanes) is 1. The molecule has 1 heterocycles. The quantitative estimate of drug-likeness (QED) is 0.291. The first-order valence-electron chi connectivity index (χ1n) is 9.18. The summed E-state index contributed by atoms with van der Waals surface area (Å²) in [4.78, 5) is 19.3. The highest BCUT2D eigenvalue weighted by molar-refractivity contribution is 14.3. The van der Waals surface area contributed by atoms with Gasteiger partial charge >= 0.3 is 0 Å². The predicted octanol–water partition coefficient (Wildman–Crippen LogP) is 5.18. The molecule has 1 amide bonds. The van der Waals surface area contributed by atoms with Crippen LogP contribution in [-0.2, 0) is 11.3 Å². The first kappa shape index (κ1) is 24.4. The molecular weight excluding hydrogens is 697 g/mol. The lowest BCUT2D eigenvalue weighted by Crippen LogP contribution is -2.37. The minimum absolute atomic E-state index is 0.122. The highest BCUT2D eigenvalue weighted by atomic mass is 127. The van der Waals surface area contributed by atoms with E-state index in [4.69, 9.17) is 5.73 Å². The molecule has 0 saturated carbocycles. The van der Waals surface area contributed by atoms with Crippen molar-refractivity contribution in [3.05, 3.63) is 17.7 Å². The zero-order valence-electron chi connectivity index (χ0n) is 16.6. The number of nitrogens with zero attached hydrogens (tertiary/aromatic N) is 3. The Labute approximate surface area is 207 Å². The number of hydrogen-bond acceptors (Lipinski definition) is 4. The summed E-state index contributed by atoms with van der Waals surface area (Å²) in [6, 6.07) is 3.95. The normalized spacial score (nSPS) is 12.6. The van der Waals surface area contributed by atoms with Gasteiger partial charge in [-0.2, -0.15) is 0 Å². The second kappa shape index (κ2) is 9.50. The average molecular weight is 724 g/mol. The Morgan fingerprint density at radius 1 is 1.32 bits per heavy atom. The number of alkyl halides is 3. The lowest BCUT2D eigenvalue weighted by atomic mass is 10.1. The average Bonchev–Trinajstić information content (AvgIpc) is 2.82. The lowest BCUT2D eigenvalue weighted by molar-refractivity contribution is -0.118. The van der Waals surface area contributed by atoms with Gasteiger partial charge in [0.15, 0.2) is 0 Å². The number of amides is 1. The monoisotopic (exact) mass is 724 g/mol. The topological polar surface area (TPSA) is 84.4 Å². The number of aryl methyl sites for hydroxylation is 1. The molecular formula is C19H27I3N4O2. The van der Waals surface area contributed by atoms with Gasteiger partial charge in [-0.3, -0.25) is 4.79 Å². The maximum absolute atomic E-state index is 13.0. The van der Waals surface area contributed by atoms with E-state index in [0.717, 1.165) is 35.1 Å². The third kappa shape index (κ3) is 6.56. The second-order valence-electron chi connectivity index (χ2n) is 7.69. The van der Waals surface area contributed by atoms with E-state index in [0.29, 0.717) is 25.5 Å². The third-order valence-corrected chi connectivity index (χ3v) is 5.34. The van der Waals surface area contributed by atoms with Crippen molar-refractivity contribution >= 4 is 96.3 Å². The summed E-state index contributed by atoms with van der Waals surface area (Å²) >= 11 is 7.07. The molecule has 0 spiro atoms. The van der Waals surface area contributed by atoms with Crippen molar-refractivity contribution in [3.8, 4) is 0 Å². The molecule has 2 aromatic rings. The number of aromatic nitrogens is 2. The van der Waals surface area contributed by atoms with E-state index in [2.05, 4.69) is 79.7 Å². The van der Waals surface area contributed by atoms with Crippen molar-refractivity contribution in [3.63, 3.8) is 0 Å². The molecule has 0 atom stereocenters. The number of carbonyl (C=O) groups is 1. The Hall–Kier alpha value is 0.110. The minimum Gasteiger partial charge on any atom is -0.389 e. The number of hydrogen-bond donors (Lipinski definition) is 2. The van der Waals surface area contributed by atoms with Gasteiger partial charge in [0.05, 0.1) is 29.7 Å². The summed E-state index contributed by atoms with van der Waals surface area (Å²) < 4.78 is 1.70. The van der Waals surface area contributed by atoms with Crippen LogP contribution >= 0.6 is 67.8 Å². The van der Waals surface area contributed by atoms with Gasteiger partial charge in [-0.1, -0.05) is 81.1 Å². The third-order valence-electron chi connectivity index (χ3n) is 4.31. The van der Waals surface area contributed by atoms with Crippen LogP contribution in [0.1, 0.15) is 45.6 Å². The summed E-state index contributed by atoms with van der Waals surface area (Å²) in [5.74, 6) is 0.490. The highest BCUT2D eigenvalue weighted by Gasteiger charge is 2.28. The zero-order valence-corrected chi connectivity index (χ0v) is 23.1.